The van der Waals surface area contributed by atoms with Gasteiger partial charge in [0, 0.05) is 12.5 Å². The Bertz CT molecular complexity index is 687. The van der Waals surface area contributed by atoms with Gasteiger partial charge in [0.05, 0.1) is 23.4 Å². The Kier molecular flexibility index (Phi) is 5.89. The van der Waals surface area contributed by atoms with Gasteiger partial charge >= 0.3 is 11.9 Å². The number of rotatable bonds is 1. The van der Waals surface area contributed by atoms with Gasteiger partial charge in [-0.1, -0.05) is 6.58 Å². The molecular formula is C22H34O7. The number of aliphatic hydroxyl groups is 2. The van der Waals surface area contributed by atoms with Crippen LogP contribution in [0.25, 0.3) is 0 Å². The highest BCUT2D eigenvalue weighted by atomic mass is 16.6. The van der Waals surface area contributed by atoms with Crippen molar-refractivity contribution in [2.24, 2.45) is 5.92 Å². The molecule has 29 heavy (non-hydrogen) atoms. The second kappa shape index (κ2) is 7.67. The van der Waals surface area contributed by atoms with Crippen LogP contribution in [0.4, 0.5) is 0 Å². The molecule has 7 heteroatoms. The zero-order chi connectivity index (χ0) is 21.6. The lowest BCUT2D eigenvalue weighted by atomic mass is 9.80. The molecule has 0 radical (unpaired) electrons. The molecule has 0 aromatic carbocycles. The first kappa shape index (κ1) is 22.2. The maximum absolute atomic E-state index is 12.6. The van der Waals surface area contributed by atoms with Crippen LogP contribution in [0.3, 0.4) is 0 Å². The third-order valence-corrected chi connectivity index (χ3v) is 7.14. The topological polar surface area (TPSA) is 106 Å². The Balaban J connectivity index is 1.89. The Morgan fingerprint density at radius 2 is 1.79 bits per heavy atom. The SMILES string of the molecule is C=C1C(=O)OC2(C)CCC1CC1OC1(C)CCC(OC(C)=O)C(C)(O)CCC2O. The molecule has 0 aromatic rings. The summed E-state index contributed by atoms with van der Waals surface area (Å²) >= 11 is 0. The molecule has 164 valence electrons. The van der Waals surface area contributed by atoms with E-state index in [-0.39, 0.29) is 30.5 Å². The van der Waals surface area contributed by atoms with E-state index in [1.807, 2.05) is 6.92 Å². The summed E-state index contributed by atoms with van der Waals surface area (Å²) in [5.74, 6) is -0.988. The zero-order valence-electron chi connectivity index (χ0n) is 17.9. The molecule has 7 unspecified atom stereocenters. The summed E-state index contributed by atoms with van der Waals surface area (Å²) < 4.78 is 17.1. The van der Waals surface area contributed by atoms with E-state index < -0.39 is 35.3 Å². The molecule has 2 heterocycles. The van der Waals surface area contributed by atoms with Crippen molar-refractivity contribution in [2.75, 3.05) is 0 Å². The summed E-state index contributed by atoms with van der Waals surface area (Å²) in [4.78, 5) is 24.2. The third kappa shape index (κ3) is 4.67. The fourth-order valence-electron chi connectivity index (χ4n) is 4.70. The summed E-state index contributed by atoms with van der Waals surface area (Å²) in [6.07, 6.45) is 1.64. The van der Waals surface area contributed by atoms with Gasteiger partial charge in [0.2, 0.25) is 0 Å². The van der Waals surface area contributed by atoms with Gasteiger partial charge in [-0.15, -0.1) is 0 Å². The zero-order valence-corrected chi connectivity index (χ0v) is 17.9. The van der Waals surface area contributed by atoms with Crippen molar-refractivity contribution in [3.63, 3.8) is 0 Å². The van der Waals surface area contributed by atoms with E-state index in [1.165, 1.54) is 6.92 Å². The van der Waals surface area contributed by atoms with Gasteiger partial charge in [-0.3, -0.25) is 4.79 Å². The number of ether oxygens (including phenoxy) is 3. The maximum Gasteiger partial charge on any atom is 0.334 e. The van der Waals surface area contributed by atoms with Crippen molar-refractivity contribution in [3.05, 3.63) is 12.2 Å². The van der Waals surface area contributed by atoms with Crippen LogP contribution in [0.2, 0.25) is 0 Å². The van der Waals surface area contributed by atoms with Crippen LogP contribution in [0.1, 0.15) is 72.6 Å². The molecule has 3 aliphatic rings. The predicted molar refractivity (Wildman–Crippen MR) is 105 cm³/mol. The summed E-state index contributed by atoms with van der Waals surface area (Å²) in [7, 11) is 0. The molecule has 2 saturated heterocycles. The monoisotopic (exact) mass is 410 g/mol. The van der Waals surface area contributed by atoms with Crippen molar-refractivity contribution in [2.45, 2.75) is 108 Å². The summed E-state index contributed by atoms with van der Waals surface area (Å²) in [6, 6.07) is 0. The molecule has 0 aromatic heterocycles. The predicted octanol–water partition coefficient (Wildman–Crippen LogP) is 2.42. The Morgan fingerprint density at radius 3 is 2.45 bits per heavy atom. The van der Waals surface area contributed by atoms with Gasteiger partial charge in [-0.25, -0.2) is 4.79 Å². The van der Waals surface area contributed by atoms with E-state index in [0.29, 0.717) is 37.7 Å². The number of epoxide rings is 1. The molecule has 3 rings (SSSR count). The largest absolute Gasteiger partial charge is 0.460 e. The number of aliphatic hydroxyl groups excluding tert-OH is 1. The Morgan fingerprint density at radius 1 is 1.14 bits per heavy atom. The lowest BCUT2D eigenvalue weighted by Gasteiger charge is -2.37. The van der Waals surface area contributed by atoms with Crippen LogP contribution >= 0.6 is 0 Å². The van der Waals surface area contributed by atoms with Gasteiger partial charge in [0.25, 0.3) is 0 Å². The van der Waals surface area contributed by atoms with E-state index in [1.54, 1.807) is 13.8 Å². The van der Waals surface area contributed by atoms with E-state index >= 15 is 0 Å². The molecular weight excluding hydrogens is 376 g/mol. The van der Waals surface area contributed by atoms with Crippen LogP contribution in [-0.2, 0) is 23.8 Å². The minimum absolute atomic E-state index is 0.0304. The van der Waals surface area contributed by atoms with Crippen molar-refractivity contribution in [1.29, 1.82) is 0 Å². The molecule has 0 spiro atoms. The number of esters is 2. The first-order chi connectivity index (χ1) is 13.4. The summed E-state index contributed by atoms with van der Waals surface area (Å²) in [6.45, 7) is 10.6. The van der Waals surface area contributed by atoms with E-state index in [2.05, 4.69) is 6.58 Å². The number of hydrogen-bond acceptors (Lipinski definition) is 7. The van der Waals surface area contributed by atoms with Crippen LogP contribution in [0, 0.1) is 5.92 Å². The summed E-state index contributed by atoms with van der Waals surface area (Å²) in [5.41, 5.74) is -2.33. The Hall–Kier alpha value is -1.44. The average Bonchev–Trinajstić information content (AvgIpc) is 3.29. The standard InChI is InChI=1S/C22H34O7/c1-13-15-6-10-21(4,29-19(13)25)16(24)7-9-20(3,26)17(27-14(2)23)8-11-22(5)18(12-15)28-22/h15-18,24,26H,1,6-12H2,2-5H3. The average molecular weight is 411 g/mol. The highest BCUT2D eigenvalue weighted by Gasteiger charge is 2.54. The molecule has 7 nitrogen and oxygen atoms in total. The van der Waals surface area contributed by atoms with Gasteiger partial charge in [0.1, 0.15) is 11.7 Å². The third-order valence-electron chi connectivity index (χ3n) is 7.14. The molecule has 0 amide bonds. The number of carbonyl (C=O) groups is 2. The normalized spacial score (nSPS) is 46.1. The number of hydrogen-bond donors (Lipinski definition) is 2. The van der Waals surface area contributed by atoms with E-state index in [0.717, 1.165) is 0 Å². The molecule has 2 aliphatic heterocycles. The first-order valence-electron chi connectivity index (χ1n) is 10.5. The fraction of sp³-hybridized carbons (Fsp3) is 0.818. The second-order valence-electron chi connectivity index (χ2n) is 9.67. The molecule has 2 N–H and O–H groups in total. The molecule has 1 aliphatic carbocycles. The lowest BCUT2D eigenvalue weighted by molar-refractivity contribution is -0.172. The molecule has 2 bridgehead atoms. The van der Waals surface area contributed by atoms with Crippen LogP contribution in [0.5, 0.6) is 0 Å². The van der Waals surface area contributed by atoms with Crippen LogP contribution < -0.4 is 0 Å². The van der Waals surface area contributed by atoms with Gasteiger partial charge in [0.15, 0.2) is 0 Å². The van der Waals surface area contributed by atoms with Gasteiger partial charge in [-0.2, -0.15) is 0 Å². The van der Waals surface area contributed by atoms with Crippen molar-refractivity contribution < 1.29 is 34.0 Å². The van der Waals surface area contributed by atoms with Crippen molar-refractivity contribution >= 4 is 11.9 Å². The smallest absolute Gasteiger partial charge is 0.334 e. The molecule has 1 saturated carbocycles. The number of fused-ring (bicyclic) bond motifs is 4. The fourth-order valence-corrected chi connectivity index (χ4v) is 4.70. The maximum atomic E-state index is 12.6. The number of carbonyl (C=O) groups excluding carboxylic acids is 2. The molecule has 7 atom stereocenters. The van der Waals surface area contributed by atoms with Crippen molar-refractivity contribution in [1.82, 2.24) is 0 Å². The Labute approximate surface area is 172 Å². The van der Waals surface area contributed by atoms with E-state index in [9.17, 15) is 19.8 Å². The molecule has 3 fully saturated rings. The van der Waals surface area contributed by atoms with Gasteiger partial charge < -0.3 is 24.4 Å². The highest BCUT2D eigenvalue weighted by molar-refractivity contribution is 5.89. The van der Waals surface area contributed by atoms with Crippen LogP contribution in [-0.4, -0.2) is 57.3 Å². The van der Waals surface area contributed by atoms with Crippen molar-refractivity contribution in [3.8, 4) is 0 Å². The lowest BCUT2D eigenvalue weighted by Crippen LogP contribution is -2.47. The summed E-state index contributed by atoms with van der Waals surface area (Å²) in [5, 5.41) is 21.9. The minimum Gasteiger partial charge on any atom is -0.460 e. The van der Waals surface area contributed by atoms with Gasteiger partial charge in [-0.05, 0) is 71.6 Å². The van der Waals surface area contributed by atoms with Crippen LogP contribution in [0.15, 0.2) is 12.2 Å². The van der Waals surface area contributed by atoms with E-state index in [4.69, 9.17) is 14.2 Å². The first-order valence-corrected chi connectivity index (χ1v) is 10.5. The minimum atomic E-state index is -1.32. The quantitative estimate of drug-likeness (QED) is 0.388. The second-order valence-corrected chi connectivity index (χ2v) is 9.67. The highest BCUT2D eigenvalue weighted by Crippen LogP contribution is 2.48.